The monoisotopic (exact) mass is 483 g/mol. The quantitative estimate of drug-likeness (QED) is 0.330. The smallest absolute Gasteiger partial charge is 0.303 e. The Morgan fingerprint density at radius 3 is 2.28 bits per heavy atom. The highest BCUT2D eigenvalue weighted by molar-refractivity contribution is 7.86. The van der Waals surface area contributed by atoms with Gasteiger partial charge in [-0.05, 0) is 38.8 Å². The molecular weight excluding hydrogens is 458 g/mol. The van der Waals surface area contributed by atoms with E-state index in [-0.39, 0.29) is 17.2 Å². The number of unbranched alkanes of at least 4 members (excludes halogenated alkanes) is 2. The number of aliphatic carboxylic acids is 1. The lowest BCUT2D eigenvalue weighted by atomic mass is 9.79. The van der Waals surface area contributed by atoms with Gasteiger partial charge in [-0.15, -0.1) is 0 Å². The van der Waals surface area contributed by atoms with Gasteiger partial charge in [0, 0.05) is 23.8 Å². The zero-order valence-electron chi connectivity index (χ0n) is 18.0. The third-order valence-electron chi connectivity index (χ3n) is 6.05. The summed E-state index contributed by atoms with van der Waals surface area (Å²) in [6.45, 7) is 3.98. The van der Waals surface area contributed by atoms with Gasteiger partial charge in [0.2, 0.25) is 5.69 Å². The first-order chi connectivity index (χ1) is 14.7. The van der Waals surface area contributed by atoms with Crippen LogP contribution in [0, 0.1) is 0 Å². The number of fused-ring (bicyclic) bond motifs is 3. The van der Waals surface area contributed by atoms with E-state index in [1.165, 1.54) is 6.07 Å². The van der Waals surface area contributed by atoms with Gasteiger partial charge in [-0.1, -0.05) is 18.6 Å². The van der Waals surface area contributed by atoms with Crippen LogP contribution in [0.3, 0.4) is 0 Å². The SMILES string of the molecule is C[N+]1=C(CCCCCC(=O)O)C(C)(C)c2ccc3c(S(=O)(=O)O)cc(S(=O)(=O)[O-])cc3c21. The van der Waals surface area contributed by atoms with E-state index >= 15 is 0 Å². The topological polar surface area (TPSA) is 152 Å². The van der Waals surface area contributed by atoms with Crippen molar-refractivity contribution in [1.82, 2.24) is 0 Å². The normalized spacial score (nSPS) is 15.9. The van der Waals surface area contributed by atoms with E-state index in [9.17, 15) is 30.7 Å². The van der Waals surface area contributed by atoms with Crippen LogP contribution in [0.5, 0.6) is 0 Å². The molecule has 0 aliphatic carbocycles. The van der Waals surface area contributed by atoms with E-state index in [2.05, 4.69) is 0 Å². The highest BCUT2D eigenvalue weighted by Gasteiger charge is 2.45. The lowest BCUT2D eigenvalue weighted by Crippen LogP contribution is -2.28. The van der Waals surface area contributed by atoms with Crippen LogP contribution in [0.15, 0.2) is 34.1 Å². The molecule has 11 heteroatoms. The highest BCUT2D eigenvalue weighted by atomic mass is 32.2. The maximum atomic E-state index is 11.9. The summed E-state index contributed by atoms with van der Waals surface area (Å²) in [7, 11) is -7.99. The average molecular weight is 484 g/mol. The van der Waals surface area contributed by atoms with E-state index in [1.54, 1.807) is 13.1 Å². The predicted molar refractivity (Wildman–Crippen MR) is 116 cm³/mol. The summed E-state index contributed by atoms with van der Waals surface area (Å²) in [6, 6.07) is 5.07. The molecule has 2 N–H and O–H groups in total. The van der Waals surface area contributed by atoms with Crippen LogP contribution in [-0.4, -0.2) is 54.4 Å². The largest absolute Gasteiger partial charge is 0.744 e. The van der Waals surface area contributed by atoms with Gasteiger partial charge in [0.15, 0.2) is 5.71 Å². The minimum atomic E-state index is -4.98. The van der Waals surface area contributed by atoms with Crippen molar-refractivity contribution >= 4 is 48.4 Å². The minimum Gasteiger partial charge on any atom is -0.744 e. The molecule has 1 aliphatic heterocycles. The summed E-state index contributed by atoms with van der Waals surface area (Å²) < 4.78 is 70.5. The van der Waals surface area contributed by atoms with E-state index < -0.39 is 41.4 Å². The molecule has 0 unspecified atom stereocenters. The van der Waals surface area contributed by atoms with Gasteiger partial charge in [-0.25, -0.2) is 13.0 Å². The molecule has 0 fully saturated rings. The Bertz CT molecular complexity index is 1360. The Morgan fingerprint density at radius 2 is 1.72 bits per heavy atom. The summed E-state index contributed by atoms with van der Waals surface area (Å²) in [4.78, 5) is 9.33. The molecule has 9 nitrogen and oxygen atoms in total. The Kier molecular flexibility index (Phi) is 6.24. The van der Waals surface area contributed by atoms with Gasteiger partial charge in [0.1, 0.15) is 22.1 Å². The third kappa shape index (κ3) is 4.42. The number of carbonyl (C=O) groups is 1. The summed E-state index contributed by atoms with van der Waals surface area (Å²) >= 11 is 0. The van der Waals surface area contributed by atoms with Crippen molar-refractivity contribution in [3.63, 3.8) is 0 Å². The first-order valence-corrected chi connectivity index (χ1v) is 12.9. The van der Waals surface area contributed by atoms with Crippen molar-refractivity contribution in [2.45, 2.75) is 61.2 Å². The number of nitrogens with zero attached hydrogens (tertiary/aromatic N) is 1. The van der Waals surface area contributed by atoms with Crippen LogP contribution in [0.4, 0.5) is 5.69 Å². The highest BCUT2D eigenvalue weighted by Crippen LogP contribution is 2.45. The Morgan fingerprint density at radius 1 is 1.06 bits per heavy atom. The number of rotatable bonds is 8. The Labute approximate surface area is 186 Å². The standard InChI is InChI=1S/C21H25NO8S2/c1-21(2)16-10-9-14-15(11-13(31(25,26)27)12-17(14)32(28,29)30)20(16)22(3)18(21)7-5-4-6-8-19(23)24/h9-12H,4-8H2,1-3H3,(H2-,23,24,25,26,27,28,29,30). The molecule has 0 bridgehead atoms. The van der Waals surface area contributed by atoms with Crippen molar-refractivity contribution in [1.29, 1.82) is 0 Å². The fourth-order valence-electron chi connectivity index (χ4n) is 4.52. The second-order valence-corrected chi connectivity index (χ2v) is 11.3. The molecule has 0 spiro atoms. The first kappa shape index (κ1) is 24.3. The molecule has 2 aromatic carbocycles. The molecule has 1 heterocycles. The van der Waals surface area contributed by atoms with E-state index in [4.69, 9.17) is 5.11 Å². The van der Waals surface area contributed by atoms with Crippen LogP contribution < -0.4 is 0 Å². The lowest BCUT2D eigenvalue weighted by molar-refractivity contribution is -0.402. The van der Waals surface area contributed by atoms with E-state index in [1.807, 2.05) is 18.4 Å². The second kappa shape index (κ2) is 8.22. The number of carboxylic acids is 1. The molecule has 174 valence electrons. The van der Waals surface area contributed by atoms with Gasteiger partial charge in [0.05, 0.1) is 15.7 Å². The number of carboxylic acid groups (broad SMARTS) is 1. The molecule has 0 amide bonds. The fraction of sp³-hybridized carbons (Fsp3) is 0.429. The van der Waals surface area contributed by atoms with Gasteiger partial charge < -0.3 is 9.66 Å². The third-order valence-corrected chi connectivity index (χ3v) is 7.76. The average Bonchev–Trinajstić information content (AvgIpc) is 2.85. The molecule has 3 rings (SSSR count). The van der Waals surface area contributed by atoms with Crippen molar-refractivity contribution in [3.8, 4) is 0 Å². The molecule has 2 aromatic rings. The van der Waals surface area contributed by atoms with Crippen LogP contribution in [0.25, 0.3) is 10.8 Å². The summed E-state index contributed by atoms with van der Waals surface area (Å²) in [5.74, 6) is -0.839. The summed E-state index contributed by atoms with van der Waals surface area (Å²) in [6.07, 6.45) is 2.79. The van der Waals surface area contributed by atoms with Crippen LogP contribution in [0.1, 0.15) is 51.5 Å². The fourth-order valence-corrected chi connectivity index (χ4v) is 5.85. The summed E-state index contributed by atoms with van der Waals surface area (Å²) in [5.41, 5.74) is 1.94. The van der Waals surface area contributed by atoms with Crippen molar-refractivity contribution in [2.75, 3.05) is 7.05 Å². The molecule has 0 atom stereocenters. The molecule has 0 radical (unpaired) electrons. The Balaban J connectivity index is 2.19. The van der Waals surface area contributed by atoms with Crippen LogP contribution in [0.2, 0.25) is 0 Å². The zero-order chi connectivity index (χ0) is 24.1. The predicted octanol–water partition coefficient (Wildman–Crippen LogP) is 3.03. The molecule has 0 aromatic heterocycles. The maximum absolute atomic E-state index is 11.9. The lowest BCUT2D eigenvalue weighted by Gasteiger charge is -2.18. The second-order valence-electron chi connectivity index (χ2n) is 8.49. The first-order valence-electron chi connectivity index (χ1n) is 10.0. The minimum absolute atomic E-state index is 0.101. The molecular formula is C21H25NO8S2. The number of hydrogen-bond donors (Lipinski definition) is 2. The van der Waals surface area contributed by atoms with Gasteiger partial charge in [-0.3, -0.25) is 9.35 Å². The van der Waals surface area contributed by atoms with Gasteiger partial charge >= 0.3 is 5.97 Å². The van der Waals surface area contributed by atoms with Crippen LogP contribution >= 0.6 is 0 Å². The molecule has 1 aliphatic rings. The van der Waals surface area contributed by atoms with Gasteiger partial charge in [-0.2, -0.15) is 8.42 Å². The number of hydrogen-bond acceptors (Lipinski definition) is 6. The Hall–Kier alpha value is -2.34. The van der Waals surface area contributed by atoms with Crippen molar-refractivity contribution in [3.05, 3.63) is 29.8 Å². The molecule has 0 saturated carbocycles. The molecule has 32 heavy (non-hydrogen) atoms. The van der Waals surface area contributed by atoms with E-state index in [0.29, 0.717) is 24.6 Å². The van der Waals surface area contributed by atoms with Crippen molar-refractivity contribution < 1.29 is 40.4 Å². The molecule has 0 saturated heterocycles. The maximum Gasteiger partial charge on any atom is 0.303 e. The van der Waals surface area contributed by atoms with E-state index in [0.717, 1.165) is 30.2 Å². The van der Waals surface area contributed by atoms with Crippen LogP contribution in [-0.2, 0) is 30.4 Å². The van der Waals surface area contributed by atoms with Crippen molar-refractivity contribution in [2.24, 2.45) is 0 Å². The van der Waals surface area contributed by atoms with Gasteiger partial charge in [0.25, 0.3) is 10.1 Å². The zero-order valence-corrected chi connectivity index (χ0v) is 19.6. The summed E-state index contributed by atoms with van der Waals surface area (Å²) in [5, 5.41) is 9.14. The number of benzene rings is 2.